The van der Waals surface area contributed by atoms with Gasteiger partial charge in [0.25, 0.3) is 0 Å². The van der Waals surface area contributed by atoms with Gasteiger partial charge in [0.15, 0.2) is 0 Å². The van der Waals surface area contributed by atoms with Gasteiger partial charge in [0.2, 0.25) is 0 Å². The zero-order valence-electron chi connectivity index (χ0n) is 34.3. The topological polar surface area (TPSA) is 0 Å². The van der Waals surface area contributed by atoms with E-state index in [4.69, 9.17) is 0 Å². The van der Waals surface area contributed by atoms with Crippen LogP contribution in [0.25, 0.3) is 129 Å². The Morgan fingerprint density at radius 3 is 1.22 bits per heavy atom. The van der Waals surface area contributed by atoms with Gasteiger partial charge in [0.1, 0.15) is 0 Å². The molecule has 1 heteroatoms. The molecule has 0 bridgehead atoms. The van der Waals surface area contributed by atoms with Crippen LogP contribution >= 0.6 is 0 Å². The van der Waals surface area contributed by atoms with Crippen molar-refractivity contribution in [3.05, 3.63) is 231 Å². The Bertz CT molecular complexity index is 3830. The summed E-state index contributed by atoms with van der Waals surface area (Å²) in [6.07, 6.45) is 0. The molecule has 0 aliphatic heterocycles. The summed E-state index contributed by atoms with van der Waals surface area (Å²) in [6.45, 7) is 0. The number of benzene rings is 12. The average molecular weight is 862 g/mol. The Morgan fingerprint density at radius 1 is 0.222 bits per heavy atom. The molecule has 0 atom stereocenters. The normalized spacial score (nSPS) is 11.8. The van der Waals surface area contributed by atoms with Crippen LogP contribution in [0.5, 0.6) is 0 Å². The first-order valence-corrected chi connectivity index (χ1v) is 23.5. The molecule has 63 heavy (non-hydrogen) atoms. The second-order valence-corrected chi connectivity index (χ2v) is 18.9. The molecule has 0 nitrogen and oxygen atoms in total. The molecular weight excluding hydrogens is 824 g/mol. The third kappa shape index (κ3) is 5.68. The fourth-order valence-corrected chi connectivity index (χ4v) is 13.0. The van der Waals surface area contributed by atoms with Crippen molar-refractivity contribution in [3.8, 4) is 55.6 Å². The Hall–Kier alpha value is -7.54. The molecule has 1 aromatic heterocycles. The predicted octanol–water partition coefficient (Wildman–Crippen LogP) is 17.2. The fraction of sp³-hybridized carbons (Fsp3) is 0. The van der Waals surface area contributed by atoms with Crippen molar-refractivity contribution in [2.45, 2.75) is 0 Å². The average Bonchev–Trinajstić information content (AvgIpc) is 3.73. The standard InChI is InChI=1S/C62H38Se/c1-2-17-41(18-3-1)58-46-21-6-8-23-48(46)60(49-24-9-7-22-47(49)58)43-36-37-54-57(38-43)63-56-31-15-30-55(62(54)56)61-52-27-12-10-25-50(52)59(51-26-11-13-28-53(51)61)42-34-32-40(33-35-42)45-29-14-19-39-16-4-5-20-44(39)45/h1-38H. The van der Waals surface area contributed by atoms with Crippen LogP contribution < -0.4 is 0 Å². The number of hydrogen-bond acceptors (Lipinski definition) is 0. The van der Waals surface area contributed by atoms with E-state index >= 15 is 0 Å². The maximum absolute atomic E-state index is 2.51. The molecule has 0 fully saturated rings. The van der Waals surface area contributed by atoms with Crippen molar-refractivity contribution in [2.75, 3.05) is 0 Å². The Labute approximate surface area is 371 Å². The molecule has 0 saturated heterocycles. The van der Waals surface area contributed by atoms with Crippen LogP contribution in [0.15, 0.2) is 231 Å². The van der Waals surface area contributed by atoms with Gasteiger partial charge in [-0.2, -0.15) is 0 Å². The van der Waals surface area contributed by atoms with Gasteiger partial charge in [-0.15, -0.1) is 0 Å². The van der Waals surface area contributed by atoms with Crippen LogP contribution in [0.2, 0.25) is 0 Å². The molecule has 0 aliphatic carbocycles. The monoisotopic (exact) mass is 862 g/mol. The minimum atomic E-state index is 0.156. The van der Waals surface area contributed by atoms with Gasteiger partial charge >= 0.3 is 321 Å². The van der Waals surface area contributed by atoms with Crippen molar-refractivity contribution < 1.29 is 0 Å². The van der Waals surface area contributed by atoms with Gasteiger partial charge in [-0.3, -0.25) is 0 Å². The summed E-state index contributed by atoms with van der Waals surface area (Å²) in [7, 11) is 0. The van der Waals surface area contributed by atoms with Crippen LogP contribution in [-0.4, -0.2) is 14.5 Å². The summed E-state index contributed by atoms with van der Waals surface area (Å²) in [5.41, 5.74) is 12.8. The summed E-state index contributed by atoms with van der Waals surface area (Å²) >= 11 is 0.156. The molecular formula is C62H38Se. The van der Waals surface area contributed by atoms with E-state index < -0.39 is 0 Å². The zero-order chi connectivity index (χ0) is 41.4. The number of rotatable bonds is 5. The van der Waals surface area contributed by atoms with E-state index in [1.165, 1.54) is 129 Å². The molecule has 0 spiro atoms. The van der Waals surface area contributed by atoms with E-state index in [-0.39, 0.29) is 14.5 Å². The minimum absolute atomic E-state index is 0.156. The molecule has 0 radical (unpaired) electrons. The first kappa shape index (κ1) is 36.1. The van der Waals surface area contributed by atoms with Crippen LogP contribution in [-0.2, 0) is 0 Å². The van der Waals surface area contributed by atoms with Crippen LogP contribution in [0.1, 0.15) is 0 Å². The summed E-state index contributed by atoms with van der Waals surface area (Å²) < 4.78 is 2.89. The third-order valence-corrected chi connectivity index (χ3v) is 15.6. The number of hydrogen-bond donors (Lipinski definition) is 0. The van der Waals surface area contributed by atoms with Crippen LogP contribution in [0, 0.1) is 0 Å². The third-order valence-electron chi connectivity index (χ3n) is 13.3. The molecule has 12 aromatic carbocycles. The van der Waals surface area contributed by atoms with Gasteiger partial charge in [-0.25, -0.2) is 0 Å². The van der Waals surface area contributed by atoms with E-state index in [1.807, 2.05) is 0 Å². The maximum atomic E-state index is 2.51. The zero-order valence-corrected chi connectivity index (χ0v) is 36.1. The first-order valence-electron chi connectivity index (χ1n) is 21.8. The van der Waals surface area contributed by atoms with E-state index in [9.17, 15) is 0 Å². The Morgan fingerprint density at radius 2 is 0.635 bits per heavy atom. The van der Waals surface area contributed by atoms with Gasteiger partial charge in [-0.1, -0.05) is 42.5 Å². The van der Waals surface area contributed by atoms with Gasteiger partial charge in [0.05, 0.1) is 0 Å². The second-order valence-electron chi connectivity index (χ2n) is 16.6. The molecule has 292 valence electrons. The molecule has 1 heterocycles. The summed E-state index contributed by atoms with van der Waals surface area (Å²) in [6, 6.07) is 85.8. The molecule has 0 aliphatic rings. The molecule has 13 rings (SSSR count). The molecule has 13 aromatic rings. The van der Waals surface area contributed by atoms with Crippen molar-refractivity contribution in [1.82, 2.24) is 0 Å². The van der Waals surface area contributed by atoms with Gasteiger partial charge in [-0.05, 0) is 10.8 Å². The first-order chi connectivity index (χ1) is 31.3. The molecule has 0 amide bonds. The summed E-state index contributed by atoms with van der Waals surface area (Å²) in [5.74, 6) is 0. The quantitative estimate of drug-likeness (QED) is 0.119. The second kappa shape index (κ2) is 14.5. The van der Waals surface area contributed by atoms with Gasteiger partial charge in [0, 0.05) is 0 Å². The van der Waals surface area contributed by atoms with Gasteiger partial charge < -0.3 is 0 Å². The van der Waals surface area contributed by atoms with Crippen molar-refractivity contribution >= 4 is 87.7 Å². The predicted molar refractivity (Wildman–Crippen MR) is 273 cm³/mol. The van der Waals surface area contributed by atoms with E-state index in [0.717, 1.165) is 0 Å². The molecule has 0 N–H and O–H groups in total. The van der Waals surface area contributed by atoms with Crippen molar-refractivity contribution in [2.24, 2.45) is 0 Å². The van der Waals surface area contributed by atoms with E-state index in [1.54, 1.807) is 0 Å². The van der Waals surface area contributed by atoms with Crippen LogP contribution in [0.3, 0.4) is 0 Å². The van der Waals surface area contributed by atoms with Crippen molar-refractivity contribution in [1.29, 1.82) is 0 Å². The SMILES string of the molecule is c1ccc(-c2c3ccccc3c(-c3ccc4c(c3)[se]c3cccc(-c5c6ccccc6c(-c6ccc(-c7cccc8ccccc78)cc6)c6ccccc56)c34)c3ccccc23)cc1. The Kier molecular flexibility index (Phi) is 8.34. The summed E-state index contributed by atoms with van der Waals surface area (Å²) in [5, 5.41) is 15.6. The van der Waals surface area contributed by atoms with E-state index in [2.05, 4.69) is 231 Å². The summed E-state index contributed by atoms with van der Waals surface area (Å²) in [4.78, 5) is 0. The fourth-order valence-electron chi connectivity index (χ4n) is 10.6. The van der Waals surface area contributed by atoms with Crippen molar-refractivity contribution in [3.63, 3.8) is 0 Å². The van der Waals surface area contributed by atoms with E-state index in [0.29, 0.717) is 0 Å². The molecule has 0 saturated carbocycles. The molecule has 0 unspecified atom stereocenters. The van der Waals surface area contributed by atoms with Crippen LogP contribution in [0.4, 0.5) is 0 Å². The Balaban J connectivity index is 1.00. The number of fused-ring (bicyclic) bond motifs is 8.